The Bertz CT molecular complexity index is 497. The van der Waals surface area contributed by atoms with Crippen LogP contribution in [0.25, 0.3) is 0 Å². The van der Waals surface area contributed by atoms with Crippen molar-refractivity contribution < 1.29 is 4.79 Å². The molecule has 1 aromatic carbocycles. The van der Waals surface area contributed by atoms with Crippen LogP contribution >= 0.6 is 0 Å². The molecular formula is C19H28N2O. The lowest BCUT2D eigenvalue weighted by atomic mass is 9.84. The Morgan fingerprint density at radius 2 is 1.82 bits per heavy atom. The molecular weight excluding hydrogens is 272 g/mol. The van der Waals surface area contributed by atoms with Gasteiger partial charge >= 0.3 is 0 Å². The van der Waals surface area contributed by atoms with E-state index in [0.717, 1.165) is 25.9 Å². The van der Waals surface area contributed by atoms with Gasteiger partial charge in [-0.15, -0.1) is 0 Å². The standard InChI is InChI=1S/C19H28N2O/c1-14(15-7-9-20-10-8-15)11-19(22)21(2)18-12-16-5-3-4-6-17(16)13-18/h3-6,14-15,18,20H,7-13H2,1-2H3. The summed E-state index contributed by atoms with van der Waals surface area (Å²) in [5, 5.41) is 3.41. The molecule has 1 N–H and O–H groups in total. The van der Waals surface area contributed by atoms with Gasteiger partial charge in [-0.05, 0) is 61.7 Å². The summed E-state index contributed by atoms with van der Waals surface area (Å²) in [6.45, 7) is 4.47. The summed E-state index contributed by atoms with van der Waals surface area (Å²) >= 11 is 0. The molecule has 1 atom stereocenters. The maximum Gasteiger partial charge on any atom is 0.222 e. The molecule has 1 aromatic rings. The molecule has 22 heavy (non-hydrogen) atoms. The number of hydrogen-bond acceptors (Lipinski definition) is 2. The zero-order chi connectivity index (χ0) is 15.5. The van der Waals surface area contributed by atoms with Crippen LogP contribution in [-0.4, -0.2) is 37.0 Å². The number of carbonyl (C=O) groups excluding carboxylic acids is 1. The van der Waals surface area contributed by atoms with Crippen molar-refractivity contribution in [2.75, 3.05) is 20.1 Å². The number of likely N-dealkylation sites (N-methyl/N-ethyl adjacent to an activating group) is 1. The number of fused-ring (bicyclic) bond motifs is 1. The zero-order valence-electron chi connectivity index (χ0n) is 13.8. The van der Waals surface area contributed by atoms with Crippen molar-refractivity contribution in [1.82, 2.24) is 10.2 Å². The molecule has 1 saturated heterocycles. The third-order valence-electron chi connectivity index (χ3n) is 5.66. The first-order valence-electron chi connectivity index (χ1n) is 8.68. The van der Waals surface area contributed by atoms with Crippen molar-refractivity contribution in [2.45, 2.75) is 45.1 Å². The summed E-state index contributed by atoms with van der Waals surface area (Å²) in [6.07, 6.45) is 5.16. The number of amides is 1. The molecule has 0 aromatic heterocycles. The van der Waals surface area contributed by atoms with E-state index in [1.807, 2.05) is 11.9 Å². The minimum Gasteiger partial charge on any atom is -0.342 e. The van der Waals surface area contributed by atoms with Crippen LogP contribution in [0, 0.1) is 11.8 Å². The maximum atomic E-state index is 12.6. The monoisotopic (exact) mass is 300 g/mol. The summed E-state index contributed by atoms with van der Waals surface area (Å²) in [4.78, 5) is 14.7. The Morgan fingerprint density at radius 1 is 1.23 bits per heavy atom. The normalized spacial score (nSPS) is 20.6. The van der Waals surface area contributed by atoms with Crippen molar-refractivity contribution in [3.63, 3.8) is 0 Å². The summed E-state index contributed by atoms with van der Waals surface area (Å²) in [5.74, 6) is 1.53. The largest absolute Gasteiger partial charge is 0.342 e. The highest BCUT2D eigenvalue weighted by molar-refractivity contribution is 5.76. The number of carbonyl (C=O) groups is 1. The predicted octanol–water partition coefficient (Wildman–Crippen LogP) is 2.64. The zero-order valence-corrected chi connectivity index (χ0v) is 13.8. The Balaban J connectivity index is 1.54. The van der Waals surface area contributed by atoms with Crippen LogP contribution in [0.15, 0.2) is 24.3 Å². The minimum absolute atomic E-state index is 0.323. The Kier molecular flexibility index (Phi) is 4.82. The van der Waals surface area contributed by atoms with Crippen LogP contribution in [0.4, 0.5) is 0 Å². The van der Waals surface area contributed by atoms with Crippen LogP contribution in [0.2, 0.25) is 0 Å². The van der Waals surface area contributed by atoms with Gasteiger partial charge in [-0.3, -0.25) is 4.79 Å². The van der Waals surface area contributed by atoms with E-state index in [-0.39, 0.29) is 0 Å². The lowest BCUT2D eigenvalue weighted by Crippen LogP contribution is -2.39. The molecule has 3 nitrogen and oxygen atoms in total. The van der Waals surface area contributed by atoms with E-state index in [4.69, 9.17) is 0 Å². The molecule has 1 heterocycles. The number of nitrogens with zero attached hydrogens (tertiary/aromatic N) is 1. The molecule has 1 fully saturated rings. The molecule has 0 radical (unpaired) electrons. The van der Waals surface area contributed by atoms with Gasteiger partial charge in [-0.2, -0.15) is 0 Å². The van der Waals surface area contributed by atoms with Gasteiger partial charge in [-0.25, -0.2) is 0 Å². The Labute approximate surface area is 134 Å². The lowest BCUT2D eigenvalue weighted by Gasteiger charge is -2.30. The molecule has 1 aliphatic heterocycles. The predicted molar refractivity (Wildman–Crippen MR) is 89.8 cm³/mol. The van der Waals surface area contributed by atoms with E-state index in [0.29, 0.717) is 30.2 Å². The third kappa shape index (κ3) is 3.35. The topological polar surface area (TPSA) is 32.3 Å². The fourth-order valence-corrected chi connectivity index (χ4v) is 4.01. The van der Waals surface area contributed by atoms with Crippen LogP contribution in [0.3, 0.4) is 0 Å². The highest BCUT2D eigenvalue weighted by Gasteiger charge is 2.29. The Morgan fingerprint density at radius 3 is 2.41 bits per heavy atom. The second-order valence-corrected chi connectivity index (χ2v) is 7.10. The van der Waals surface area contributed by atoms with E-state index < -0.39 is 0 Å². The fraction of sp³-hybridized carbons (Fsp3) is 0.632. The molecule has 1 amide bonds. The van der Waals surface area contributed by atoms with E-state index in [9.17, 15) is 4.79 Å². The number of hydrogen-bond donors (Lipinski definition) is 1. The van der Waals surface area contributed by atoms with Crippen molar-refractivity contribution in [3.05, 3.63) is 35.4 Å². The van der Waals surface area contributed by atoms with Gasteiger partial charge in [0.2, 0.25) is 5.91 Å². The molecule has 3 rings (SSSR count). The van der Waals surface area contributed by atoms with Gasteiger partial charge in [0.25, 0.3) is 0 Å². The molecule has 3 heteroatoms. The molecule has 2 aliphatic rings. The van der Waals surface area contributed by atoms with Crippen LogP contribution in [0.1, 0.15) is 37.3 Å². The average Bonchev–Trinajstić information content (AvgIpc) is 2.98. The second-order valence-electron chi connectivity index (χ2n) is 7.10. The Hall–Kier alpha value is -1.35. The van der Waals surface area contributed by atoms with Crippen molar-refractivity contribution in [1.29, 1.82) is 0 Å². The number of nitrogens with one attached hydrogen (secondary N) is 1. The number of piperidine rings is 1. The van der Waals surface area contributed by atoms with Crippen molar-refractivity contribution >= 4 is 5.91 Å². The van der Waals surface area contributed by atoms with Gasteiger partial charge in [0.1, 0.15) is 0 Å². The minimum atomic E-state index is 0.323. The first kappa shape index (κ1) is 15.5. The molecule has 0 bridgehead atoms. The van der Waals surface area contributed by atoms with Gasteiger partial charge in [0.15, 0.2) is 0 Å². The van der Waals surface area contributed by atoms with E-state index in [1.165, 1.54) is 24.0 Å². The number of rotatable bonds is 4. The third-order valence-corrected chi connectivity index (χ3v) is 5.66. The van der Waals surface area contributed by atoms with E-state index >= 15 is 0 Å². The molecule has 0 saturated carbocycles. The van der Waals surface area contributed by atoms with Crippen molar-refractivity contribution in [2.24, 2.45) is 11.8 Å². The van der Waals surface area contributed by atoms with Crippen LogP contribution < -0.4 is 5.32 Å². The summed E-state index contributed by atoms with van der Waals surface area (Å²) in [6, 6.07) is 8.95. The molecule has 120 valence electrons. The van der Waals surface area contributed by atoms with E-state index in [2.05, 4.69) is 36.5 Å². The lowest BCUT2D eigenvalue weighted by molar-refractivity contribution is -0.133. The smallest absolute Gasteiger partial charge is 0.222 e. The SMILES string of the molecule is CC(CC(=O)N(C)C1Cc2ccccc2C1)C1CCNCC1. The van der Waals surface area contributed by atoms with Crippen molar-refractivity contribution in [3.8, 4) is 0 Å². The van der Waals surface area contributed by atoms with Crippen LogP contribution in [0.5, 0.6) is 0 Å². The van der Waals surface area contributed by atoms with E-state index in [1.54, 1.807) is 0 Å². The average molecular weight is 300 g/mol. The van der Waals surface area contributed by atoms with Gasteiger partial charge in [-0.1, -0.05) is 31.2 Å². The molecule has 1 aliphatic carbocycles. The van der Waals surface area contributed by atoms with Gasteiger partial charge < -0.3 is 10.2 Å². The summed E-state index contributed by atoms with van der Waals surface area (Å²) in [7, 11) is 1.99. The highest BCUT2D eigenvalue weighted by atomic mass is 16.2. The fourth-order valence-electron chi connectivity index (χ4n) is 4.01. The van der Waals surface area contributed by atoms with Gasteiger partial charge in [0, 0.05) is 19.5 Å². The van der Waals surface area contributed by atoms with Crippen LogP contribution in [-0.2, 0) is 17.6 Å². The second kappa shape index (κ2) is 6.82. The summed E-state index contributed by atoms with van der Waals surface area (Å²) in [5.41, 5.74) is 2.83. The quantitative estimate of drug-likeness (QED) is 0.927. The van der Waals surface area contributed by atoms with Gasteiger partial charge in [0.05, 0.1) is 0 Å². The highest BCUT2D eigenvalue weighted by Crippen LogP contribution is 2.28. The maximum absolute atomic E-state index is 12.6. The first-order chi connectivity index (χ1) is 10.6. The summed E-state index contributed by atoms with van der Waals surface area (Å²) < 4.78 is 0. The number of benzene rings is 1. The first-order valence-corrected chi connectivity index (χ1v) is 8.68. The molecule has 1 unspecified atom stereocenters. The molecule has 0 spiro atoms.